The number of hydrogen-bond donors (Lipinski definition) is 2. The second kappa shape index (κ2) is 2.11. The maximum absolute atomic E-state index is 9.55. The van der Waals surface area contributed by atoms with Crippen molar-refractivity contribution in [2.24, 2.45) is 5.73 Å². The average molecular weight is 107 g/mol. The van der Waals surface area contributed by atoms with Gasteiger partial charge in [0.2, 0.25) is 0 Å². The van der Waals surface area contributed by atoms with Crippen LogP contribution in [0.3, 0.4) is 0 Å². The predicted molar refractivity (Wildman–Crippen MR) is 25.3 cm³/mol. The molecule has 0 saturated heterocycles. The number of aliphatic carboxylic acids is 1. The molecule has 0 bridgehead atoms. The molecule has 0 aliphatic carbocycles. The number of carbonyl (C=O) groups is 1. The summed E-state index contributed by atoms with van der Waals surface area (Å²) in [7, 11) is 1.95. The van der Waals surface area contributed by atoms with Crippen LogP contribution in [0.25, 0.3) is 0 Å². The van der Waals surface area contributed by atoms with E-state index in [1.54, 1.807) is 0 Å². The number of carboxylic acids is 1. The first-order chi connectivity index (χ1) is 2.64. The lowest BCUT2D eigenvalue weighted by molar-refractivity contribution is -0.136. The Balaban J connectivity index is 3.26. The summed E-state index contributed by atoms with van der Waals surface area (Å²) in [4.78, 5) is 9.55. The Bertz CT molecular complexity index is 62.6. The number of nitrogens with two attached hydrogens (primary N) is 1. The smallest absolute Gasteiger partial charge is 0.324 e. The van der Waals surface area contributed by atoms with E-state index in [2.05, 4.69) is 0 Å². The van der Waals surface area contributed by atoms with Crippen LogP contribution in [0.2, 0.25) is 0 Å². The molecule has 2 unspecified atom stereocenters. The van der Waals surface area contributed by atoms with Gasteiger partial charge in [-0.1, -0.05) is 0 Å². The lowest BCUT2D eigenvalue weighted by Gasteiger charge is -1.90. The van der Waals surface area contributed by atoms with Gasteiger partial charge in [0.15, 0.2) is 0 Å². The molecule has 0 spiro atoms. The van der Waals surface area contributed by atoms with Crippen molar-refractivity contribution >= 4 is 15.2 Å². The predicted octanol–water partition coefficient (Wildman–Crippen LogP) is -0.769. The zero-order chi connectivity index (χ0) is 5.15. The van der Waals surface area contributed by atoms with Crippen molar-refractivity contribution < 1.29 is 9.90 Å². The van der Waals surface area contributed by atoms with Gasteiger partial charge in [-0.2, -0.15) is 0 Å². The normalized spacial score (nSPS) is 13.7. The van der Waals surface area contributed by atoms with Crippen molar-refractivity contribution in [1.29, 1.82) is 0 Å². The molecule has 36 valence electrons. The molecule has 0 amide bonds. The van der Waals surface area contributed by atoms with Crippen LogP contribution in [-0.4, -0.2) is 16.9 Å². The van der Waals surface area contributed by atoms with Gasteiger partial charge in [0, 0.05) is 0 Å². The van der Waals surface area contributed by atoms with Crippen molar-refractivity contribution in [3.05, 3.63) is 0 Å². The van der Waals surface area contributed by atoms with E-state index in [1.165, 1.54) is 0 Å². The molecule has 0 saturated carbocycles. The summed E-state index contributed by atoms with van der Waals surface area (Å²) < 4.78 is 0. The summed E-state index contributed by atoms with van der Waals surface area (Å²) in [6.45, 7) is 0. The summed E-state index contributed by atoms with van der Waals surface area (Å²) in [5, 5.41) is 7.84. The second-order valence-electron chi connectivity index (χ2n) is 0.864. The monoisotopic (exact) mass is 107 g/mol. The van der Waals surface area contributed by atoms with Crippen LogP contribution in [0.5, 0.6) is 0 Å². The molecule has 0 rings (SSSR count). The lowest BCUT2D eigenvalue weighted by atomic mass is 10.7. The summed E-state index contributed by atoms with van der Waals surface area (Å²) in [5.74, 6) is -1.81. The minimum Gasteiger partial charge on any atom is -0.480 e. The van der Waals surface area contributed by atoms with Crippen molar-refractivity contribution in [3.8, 4) is 0 Å². The highest BCUT2D eigenvalue weighted by atomic mass is 31.0. The van der Waals surface area contributed by atoms with E-state index in [9.17, 15) is 4.79 Å². The maximum atomic E-state index is 9.55. The van der Waals surface area contributed by atoms with Gasteiger partial charge < -0.3 is 10.8 Å². The molecule has 0 aromatic rings. The molecule has 0 aliphatic rings. The van der Waals surface area contributed by atoms with Crippen molar-refractivity contribution in [1.82, 2.24) is 0 Å². The Kier molecular flexibility index (Phi) is 2.06. The second-order valence-corrected chi connectivity index (χ2v) is 1.58. The van der Waals surface area contributed by atoms with Crippen molar-refractivity contribution in [2.45, 2.75) is 5.78 Å². The van der Waals surface area contributed by atoms with E-state index >= 15 is 0 Å². The molecule has 0 heterocycles. The van der Waals surface area contributed by atoms with Crippen molar-refractivity contribution in [2.75, 3.05) is 0 Å². The average Bonchev–Trinajstić information content (AvgIpc) is 1.36. The molecule has 0 aliphatic heterocycles. The topological polar surface area (TPSA) is 63.3 Å². The molecule has 0 radical (unpaired) electrons. The third-order valence-corrected chi connectivity index (χ3v) is 0.570. The molecule has 4 heteroatoms. The van der Waals surface area contributed by atoms with Gasteiger partial charge in [0.25, 0.3) is 0 Å². The third kappa shape index (κ3) is 2.12. The van der Waals surface area contributed by atoms with Crippen LogP contribution >= 0.6 is 9.24 Å². The van der Waals surface area contributed by atoms with E-state index in [4.69, 9.17) is 10.8 Å². The van der Waals surface area contributed by atoms with Gasteiger partial charge in [-0.25, -0.2) is 0 Å². The minimum absolute atomic E-state index is 0.815. The molecule has 3 N–H and O–H groups in total. The zero-order valence-corrected chi connectivity index (χ0v) is 4.24. The highest BCUT2D eigenvalue weighted by Crippen LogP contribution is 1.86. The van der Waals surface area contributed by atoms with E-state index in [0.29, 0.717) is 0 Å². The first kappa shape index (κ1) is 5.86. The molecule has 0 fully saturated rings. The number of carboxylic acid groups (broad SMARTS) is 1. The third-order valence-electron chi connectivity index (χ3n) is 0.285. The molecule has 6 heavy (non-hydrogen) atoms. The standard InChI is InChI=1S/C2H6NO2P/c3-1(6)2(4)5/h1H,3,6H2,(H,4,5). The van der Waals surface area contributed by atoms with Crippen LogP contribution in [0.15, 0.2) is 0 Å². The Morgan fingerprint density at radius 1 is 2.00 bits per heavy atom. The Morgan fingerprint density at radius 3 is 2.17 bits per heavy atom. The summed E-state index contributed by atoms with van der Waals surface area (Å²) >= 11 is 0. The first-order valence-corrected chi connectivity index (χ1v) is 2.05. The minimum atomic E-state index is -1.000. The molecular formula is C2H6NO2P. The van der Waals surface area contributed by atoms with Crippen LogP contribution in [-0.2, 0) is 4.79 Å². The highest BCUT2D eigenvalue weighted by molar-refractivity contribution is 7.19. The fraction of sp³-hybridized carbons (Fsp3) is 0.500. The Labute approximate surface area is 37.7 Å². The SMILES string of the molecule is NC(P)C(=O)O. The van der Waals surface area contributed by atoms with Gasteiger partial charge in [-0.15, -0.1) is 9.24 Å². The Morgan fingerprint density at radius 2 is 2.17 bits per heavy atom. The fourth-order valence-corrected chi connectivity index (χ4v) is 0. The first-order valence-electron chi connectivity index (χ1n) is 1.38. The quantitative estimate of drug-likeness (QED) is 0.432. The van der Waals surface area contributed by atoms with Gasteiger partial charge in [0.1, 0.15) is 5.78 Å². The van der Waals surface area contributed by atoms with E-state index in [1.807, 2.05) is 9.24 Å². The van der Waals surface area contributed by atoms with Crippen LogP contribution in [0.1, 0.15) is 0 Å². The van der Waals surface area contributed by atoms with Crippen LogP contribution in [0.4, 0.5) is 0 Å². The number of hydrogen-bond acceptors (Lipinski definition) is 2. The molecule has 0 aromatic carbocycles. The van der Waals surface area contributed by atoms with Gasteiger partial charge in [-0.05, 0) is 0 Å². The number of rotatable bonds is 1. The lowest BCUT2D eigenvalue weighted by Crippen LogP contribution is -2.21. The molecular weight excluding hydrogens is 101 g/mol. The summed E-state index contributed by atoms with van der Waals surface area (Å²) in [6, 6.07) is 0. The molecule has 3 nitrogen and oxygen atoms in total. The molecule has 2 atom stereocenters. The van der Waals surface area contributed by atoms with E-state index in [-0.39, 0.29) is 0 Å². The summed E-state index contributed by atoms with van der Waals surface area (Å²) in [5.41, 5.74) is 4.80. The Hall–Kier alpha value is -0.140. The molecule has 0 aromatic heterocycles. The van der Waals surface area contributed by atoms with Crippen LogP contribution in [0, 0.1) is 0 Å². The van der Waals surface area contributed by atoms with E-state index in [0.717, 1.165) is 0 Å². The van der Waals surface area contributed by atoms with Gasteiger partial charge in [-0.3, -0.25) is 4.79 Å². The van der Waals surface area contributed by atoms with Gasteiger partial charge >= 0.3 is 5.97 Å². The van der Waals surface area contributed by atoms with Crippen LogP contribution < -0.4 is 5.73 Å². The maximum Gasteiger partial charge on any atom is 0.324 e. The fourth-order valence-electron chi connectivity index (χ4n) is 0. The largest absolute Gasteiger partial charge is 0.480 e. The van der Waals surface area contributed by atoms with E-state index < -0.39 is 11.8 Å². The zero-order valence-electron chi connectivity index (χ0n) is 3.09. The summed E-state index contributed by atoms with van der Waals surface area (Å²) in [6.07, 6.45) is 0. The highest BCUT2D eigenvalue weighted by Gasteiger charge is 1.99. The van der Waals surface area contributed by atoms with Gasteiger partial charge in [0.05, 0.1) is 0 Å². The van der Waals surface area contributed by atoms with Crippen molar-refractivity contribution in [3.63, 3.8) is 0 Å².